The van der Waals surface area contributed by atoms with E-state index in [9.17, 15) is 9.59 Å². The van der Waals surface area contributed by atoms with Gasteiger partial charge in [0, 0.05) is 18.6 Å². The molecule has 0 saturated heterocycles. The normalized spacial score (nSPS) is 10.3. The van der Waals surface area contributed by atoms with Crippen LogP contribution < -0.4 is 10.6 Å². The van der Waals surface area contributed by atoms with Crippen LogP contribution >= 0.6 is 11.6 Å². The first kappa shape index (κ1) is 13.3. The van der Waals surface area contributed by atoms with Gasteiger partial charge in [-0.1, -0.05) is 0 Å². The summed E-state index contributed by atoms with van der Waals surface area (Å²) in [6, 6.07) is 1.64. The molecule has 0 rings (SSSR count). The van der Waals surface area contributed by atoms with E-state index in [-0.39, 0.29) is 24.5 Å². The molecule has 7 heteroatoms. The highest BCUT2D eigenvalue weighted by Gasteiger charge is 2.07. The van der Waals surface area contributed by atoms with Crippen molar-refractivity contribution in [1.82, 2.24) is 10.6 Å². The van der Waals surface area contributed by atoms with Gasteiger partial charge in [-0.3, -0.25) is 9.59 Å². The maximum absolute atomic E-state index is 11.2. The Hall–Kier alpha value is -1.74. The third kappa shape index (κ3) is 6.35. The minimum Gasteiger partial charge on any atom is -0.480 e. The second-order valence-electron chi connectivity index (χ2n) is 2.39. The third-order valence-corrected chi connectivity index (χ3v) is 1.43. The van der Waals surface area contributed by atoms with Crippen molar-refractivity contribution in [3.05, 3.63) is 11.8 Å². The van der Waals surface area contributed by atoms with Gasteiger partial charge in [0.2, 0.25) is 0 Å². The van der Waals surface area contributed by atoms with E-state index in [1.807, 2.05) is 0 Å². The first-order valence-corrected chi connectivity index (χ1v) is 4.55. The molecule has 0 bridgehead atoms. The number of hydrogen-bond acceptors (Lipinski definition) is 4. The number of nitriles is 1. The average Bonchev–Trinajstić information content (AvgIpc) is 2.20. The second-order valence-corrected chi connectivity index (χ2v) is 2.77. The first-order valence-electron chi connectivity index (χ1n) is 4.01. The number of alkyl halides is 1. The second kappa shape index (κ2) is 7.64. The largest absolute Gasteiger partial charge is 0.480 e. The fourth-order valence-corrected chi connectivity index (χ4v) is 0.739. The summed E-state index contributed by atoms with van der Waals surface area (Å²) < 4.78 is 0. The van der Waals surface area contributed by atoms with Crippen molar-refractivity contribution in [2.24, 2.45) is 0 Å². The van der Waals surface area contributed by atoms with E-state index in [4.69, 9.17) is 22.0 Å². The summed E-state index contributed by atoms with van der Waals surface area (Å²) in [5.74, 6) is -1.42. The number of rotatable bonds is 6. The number of carbonyl (C=O) groups is 2. The van der Waals surface area contributed by atoms with Crippen LogP contribution in [-0.4, -0.2) is 36.0 Å². The summed E-state index contributed by atoms with van der Waals surface area (Å²) in [6.07, 6.45) is 1.05. The fourth-order valence-electron chi connectivity index (χ4n) is 0.645. The predicted octanol–water partition coefficient (Wildman–Crippen LogP) is -0.577. The number of hydrogen-bond donors (Lipinski definition) is 3. The van der Waals surface area contributed by atoms with Crippen LogP contribution in [-0.2, 0) is 9.59 Å². The summed E-state index contributed by atoms with van der Waals surface area (Å²) in [5.41, 5.74) is -0.193. The maximum Gasteiger partial charge on any atom is 0.322 e. The summed E-state index contributed by atoms with van der Waals surface area (Å²) in [5, 5.41) is 21.5. The number of carboxylic acid groups (broad SMARTS) is 1. The SMILES string of the molecule is N#C/C(=C/NCC(=O)O)C(=O)NCCCl. The van der Waals surface area contributed by atoms with Gasteiger partial charge in [0.25, 0.3) is 5.91 Å². The molecule has 0 aliphatic rings. The smallest absolute Gasteiger partial charge is 0.322 e. The van der Waals surface area contributed by atoms with Gasteiger partial charge in [0.1, 0.15) is 18.2 Å². The maximum atomic E-state index is 11.2. The summed E-state index contributed by atoms with van der Waals surface area (Å²) in [7, 11) is 0. The van der Waals surface area contributed by atoms with Gasteiger partial charge in [-0.15, -0.1) is 11.6 Å². The molecule has 82 valence electrons. The fraction of sp³-hybridized carbons (Fsp3) is 0.375. The monoisotopic (exact) mass is 231 g/mol. The Labute approximate surface area is 91.5 Å². The standard InChI is InChI=1S/C8H10ClN3O3/c9-1-2-12-8(15)6(3-10)4-11-5-7(13)14/h4,11H,1-2,5H2,(H,12,15)(H,13,14)/b6-4-. The molecular weight excluding hydrogens is 222 g/mol. The molecule has 0 heterocycles. The van der Waals surface area contributed by atoms with Gasteiger partial charge in [-0.2, -0.15) is 5.26 Å². The topological polar surface area (TPSA) is 102 Å². The van der Waals surface area contributed by atoms with E-state index in [1.54, 1.807) is 6.07 Å². The van der Waals surface area contributed by atoms with Crippen molar-refractivity contribution < 1.29 is 14.7 Å². The highest BCUT2D eigenvalue weighted by atomic mass is 35.5. The predicted molar refractivity (Wildman–Crippen MR) is 53.1 cm³/mol. The Morgan fingerprint density at radius 2 is 2.20 bits per heavy atom. The van der Waals surface area contributed by atoms with E-state index < -0.39 is 11.9 Å². The molecule has 0 unspecified atom stereocenters. The van der Waals surface area contributed by atoms with Crippen LogP contribution in [0.2, 0.25) is 0 Å². The van der Waals surface area contributed by atoms with E-state index in [0.717, 1.165) is 6.20 Å². The van der Waals surface area contributed by atoms with Crippen molar-refractivity contribution in [2.75, 3.05) is 19.0 Å². The lowest BCUT2D eigenvalue weighted by Crippen LogP contribution is -2.28. The zero-order chi connectivity index (χ0) is 11.7. The van der Waals surface area contributed by atoms with E-state index in [0.29, 0.717) is 0 Å². The molecule has 0 aliphatic heterocycles. The Kier molecular flexibility index (Phi) is 6.76. The molecule has 0 aliphatic carbocycles. The molecule has 0 atom stereocenters. The number of carboxylic acids is 1. The first-order chi connectivity index (χ1) is 7.11. The van der Waals surface area contributed by atoms with Crippen molar-refractivity contribution in [3.63, 3.8) is 0 Å². The van der Waals surface area contributed by atoms with Crippen molar-refractivity contribution in [2.45, 2.75) is 0 Å². The summed E-state index contributed by atoms with van der Waals surface area (Å²) in [6.45, 7) is -0.105. The van der Waals surface area contributed by atoms with Crippen LogP contribution in [0.1, 0.15) is 0 Å². The third-order valence-electron chi connectivity index (χ3n) is 1.24. The molecule has 0 aromatic carbocycles. The molecule has 0 fully saturated rings. The van der Waals surface area contributed by atoms with Crippen LogP contribution in [0, 0.1) is 11.3 Å². The van der Waals surface area contributed by atoms with E-state index >= 15 is 0 Å². The van der Waals surface area contributed by atoms with Gasteiger partial charge >= 0.3 is 5.97 Å². The highest BCUT2D eigenvalue weighted by Crippen LogP contribution is 1.89. The molecule has 0 saturated carbocycles. The quantitative estimate of drug-likeness (QED) is 0.323. The van der Waals surface area contributed by atoms with Crippen molar-refractivity contribution in [1.29, 1.82) is 5.26 Å². The lowest BCUT2D eigenvalue weighted by atomic mass is 10.3. The van der Waals surface area contributed by atoms with Crippen LogP contribution in [0.3, 0.4) is 0 Å². The number of amides is 1. The number of aliphatic carboxylic acids is 1. The average molecular weight is 232 g/mol. The molecule has 0 aromatic heterocycles. The molecule has 15 heavy (non-hydrogen) atoms. The number of carbonyl (C=O) groups excluding carboxylic acids is 1. The van der Waals surface area contributed by atoms with Gasteiger partial charge in [-0.25, -0.2) is 0 Å². The number of nitrogens with zero attached hydrogens (tertiary/aromatic N) is 1. The zero-order valence-corrected chi connectivity index (χ0v) is 8.54. The molecule has 0 aromatic rings. The molecule has 0 spiro atoms. The van der Waals surface area contributed by atoms with Crippen molar-refractivity contribution in [3.8, 4) is 6.07 Å². The van der Waals surface area contributed by atoms with E-state index in [2.05, 4.69) is 10.6 Å². The van der Waals surface area contributed by atoms with Gasteiger partial charge in [0.05, 0.1) is 0 Å². The Bertz CT molecular complexity index is 309. The summed E-state index contributed by atoms with van der Waals surface area (Å²) >= 11 is 5.33. The lowest BCUT2D eigenvalue weighted by molar-refractivity contribution is -0.135. The molecule has 3 N–H and O–H groups in total. The molecular formula is C8H10ClN3O3. The minimum absolute atomic E-state index is 0.193. The molecule has 6 nitrogen and oxygen atoms in total. The minimum atomic E-state index is -1.08. The Morgan fingerprint density at radius 3 is 2.67 bits per heavy atom. The van der Waals surface area contributed by atoms with Gasteiger partial charge in [-0.05, 0) is 0 Å². The van der Waals surface area contributed by atoms with Crippen LogP contribution in [0.15, 0.2) is 11.8 Å². The molecule has 0 radical (unpaired) electrons. The van der Waals surface area contributed by atoms with Gasteiger partial charge < -0.3 is 15.7 Å². The Morgan fingerprint density at radius 1 is 1.53 bits per heavy atom. The summed E-state index contributed by atoms with van der Waals surface area (Å²) in [4.78, 5) is 21.3. The van der Waals surface area contributed by atoms with Crippen LogP contribution in [0.25, 0.3) is 0 Å². The Balaban J connectivity index is 4.17. The zero-order valence-electron chi connectivity index (χ0n) is 7.79. The van der Waals surface area contributed by atoms with Crippen LogP contribution in [0.5, 0.6) is 0 Å². The van der Waals surface area contributed by atoms with Crippen LogP contribution in [0.4, 0.5) is 0 Å². The van der Waals surface area contributed by atoms with E-state index in [1.165, 1.54) is 0 Å². The molecule has 1 amide bonds. The van der Waals surface area contributed by atoms with Gasteiger partial charge in [0.15, 0.2) is 0 Å². The lowest BCUT2D eigenvalue weighted by Gasteiger charge is -2.01. The number of nitrogens with one attached hydrogen (secondary N) is 2. The van der Waals surface area contributed by atoms with Crippen molar-refractivity contribution >= 4 is 23.5 Å². The number of halogens is 1. The highest BCUT2D eigenvalue weighted by molar-refractivity contribution is 6.18.